The molecule has 1 atom stereocenters. The molecule has 2 N–H and O–H groups in total. The number of sulfone groups is 1. The Labute approximate surface area is 125 Å². The van der Waals surface area contributed by atoms with E-state index in [1.165, 1.54) is 12.1 Å². The maximum atomic E-state index is 12.9. The predicted molar refractivity (Wildman–Crippen MR) is 80.7 cm³/mol. The van der Waals surface area contributed by atoms with Gasteiger partial charge in [0.15, 0.2) is 9.84 Å². The van der Waals surface area contributed by atoms with Gasteiger partial charge in [-0.05, 0) is 52.3 Å². The molecule has 1 aliphatic rings. The third-order valence-electron chi connectivity index (χ3n) is 3.63. The minimum absolute atomic E-state index is 0.118. The number of nitrogens with two attached hydrogens (primary N) is 1. The van der Waals surface area contributed by atoms with E-state index in [-0.39, 0.29) is 9.92 Å². The summed E-state index contributed by atoms with van der Waals surface area (Å²) >= 11 is 6.06. The molecule has 1 aliphatic heterocycles. The zero-order valence-electron chi connectivity index (χ0n) is 12.1. The number of hydrogen-bond donors (Lipinski definition) is 1. The first kappa shape index (κ1) is 15.6. The molecule has 0 amide bonds. The Balaban J connectivity index is 2.51. The van der Waals surface area contributed by atoms with Crippen LogP contribution in [0.2, 0.25) is 5.02 Å². The standard InChI is InChI=1S/C14H20ClNO3S/c1-13(2)8-12(14(3,4)19-13)20(17,18)11-6-5-9(16)7-10(11)15/h5-7,12H,8,16H2,1-4H3. The van der Waals surface area contributed by atoms with Gasteiger partial charge >= 0.3 is 0 Å². The third kappa shape index (κ3) is 2.67. The molecule has 0 spiro atoms. The summed E-state index contributed by atoms with van der Waals surface area (Å²) in [4.78, 5) is 0.118. The monoisotopic (exact) mass is 317 g/mol. The van der Waals surface area contributed by atoms with Crippen LogP contribution in [0, 0.1) is 0 Å². The highest BCUT2D eigenvalue weighted by atomic mass is 35.5. The van der Waals surface area contributed by atoms with Crippen LogP contribution in [0.3, 0.4) is 0 Å². The highest BCUT2D eigenvalue weighted by Gasteiger charge is 2.52. The van der Waals surface area contributed by atoms with E-state index in [2.05, 4.69) is 0 Å². The van der Waals surface area contributed by atoms with Gasteiger partial charge in [0, 0.05) is 5.69 Å². The maximum Gasteiger partial charge on any atom is 0.185 e. The Hall–Kier alpha value is -0.780. The fourth-order valence-corrected chi connectivity index (χ4v) is 5.72. The topological polar surface area (TPSA) is 69.4 Å². The number of halogens is 1. The summed E-state index contributed by atoms with van der Waals surface area (Å²) < 4.78 is 31.6. The van der Waals surface area contributed by atoms with E-state index in [0.717, 1.165) is 0 Å². The van der Waals surface area contributed by atoms with E-state index in [0.29, 0.717) is 12.1 Å². The van der Waals surface area contributed by atoms with Crippen molar-refractivity contribution in [2.75, 3.05) is 5.73 Å². The lowest BCUT2D eigenvalue weighted by Crippen LogP contribution is -2.38. The molecule has 1 fully saturated rings. The second kappa shape index (κ2) is 4.61. The van der Waals surface area contributed by atoms with Gasteiger partial charge in [0.2, 0.25) is 0 Å². The van der Waals surface area contributed by atoms with Crippen LogP contribution in [0.4, 0.5) is 5.69 Å². The van der Waals surface area contributed by atoms with Crippen molar-refractivity contribution in [1.82, 2.24) is 0 Å². The quantitative estimate of drug-likeness (QED) is 0.851. The molecule has 0 aliphatic carbocycles. The van der Waals surface area contributed by atoms with Crippen molar-refractivity contribution in [3.05, 3.63) is 23.2 Å². The van der Waals surface area contributed by atoms with E-state index in [4.69, 9.17) is 22.1 Å². The van der Waals surface area contributed by atoms with Crippen molar-refractivity contribution in [2.45, 2.75) is 55.5 Å². The average molecular weight is 318 g/mol. The Morgan fingerprint density at radius 3 is 2.35 bits per heavy atom. The predicted octanol–water partition coefficient (Wildman–Crippen LogP) is 3.04. The zero-order chi connectivity index (χ0) is 15.3. The van der Waals surface area contributed by atoms with Crippen molar-refractivity contribution in [2.24, 2.45) is 0 Å². The van der Waals surface area contributed by atoms with Crippen LogP contribution >= 0.6 is 11.6 Å². The number of nitrogen functional groups attached to an aromatic ring is 1. The fraction of sp³-hybridized carbons (Fsp3) is 0.571. The second-order valence-electron chi connectivity index (χ2n) is 6.39. The van der Waals surface area contributed by atoms with Gasteiger partial charge in [0.1, 0.15) is 0 Å². The number of benzene rings is 1. The minimum atomic E-state index is -3.58. The molecule has 0 bridgehead atoms. The normalized spacial score (nSPS) is 24.8. The van der Waals surface area contributed by atoms with Crippen LogP contribution in [0.1, 0.15) is 34.1 Å². The van der Waals surface area contributed by atoms with E-state index in [1.54, 1.807) is 19.9 Å². The number of rotatable bonds is 2. The summed E-state index contributed by atoms with van der Waals surface area (Å²) in [6.45, 7) is 7.40. The first-order valence-corrected chi connectivity index (χ1v) is 8.37. The van der Waals surface area contributed by atoms with Gasteiger partial charge in [0.25, 0.3) is 0 Å². The fourth-order valence-electron chi connectivity index (χ4n) is 2.90. The SMILES string of the molecule is CC1(C)CC(S(=O)(=O)c2ccc(N)cc2Cl)C(C)(C)O1. The minimum Gasteiger partial charge on any atom is -0.399 e. The van der Waals surface area contributed by atoms with Gasteiger partial charge in [0.05, 0.1) is 26.4 Å². The van der Waals surface area contributed by atoms with Gasteiger partial charge in [-0.15, -0.1) is 0 Å². The van der Waals surface area contributed by atoms with Gasteiger partial charge in [-0.3, -0.25) is 0 Å². The molecule has 1 heterocycles. The molecule has 4 nitrogen and oxygen atoms in total. The molecule has 0 aromatic heterocycles. The molecule has 1 saturated heterocycles. The van der Waals surface area contributed by atoms with Crippen molar-refractivity contribution >= 4 is 27.1 Å². The molecule has 1 unspecified atom stereocenters. The highest BCUT2D eigenvalue weighted by Crippen LogP contribution is 2.44. The highest BCUT2D eigenvalue weighted by molar-refractivity contribution is 7.92. The largest absolute Gasteiger partial charge is 0.399 e. The second-order valence-corrected chi connectivity index (χ2v) is 8.90. The van der Waals surface area contributed by atoms with Gasteiger partial charge in [-0.1, -0.05) is 11.6 Å². The Kier molecular flexibility index (Phi) is 3.60. The van der Waals surface area contributed by atoms with Gasteiger partial charge in [-0.25, -0.2) is 8.42 Å². The molecule has 20 heavy (non-hydrogen) atoms. The number of anilines is 1. The summed E-state index contributed by atoms with van der Waals surface area (Å²) in [6, 6.07) is 4.48. The van der Waals surface area contributed by atoms with Crippen LogP contribution in [0.5, 0.6) is 0 Å². The van der Waals surface area contributed by atoms with Crippen LogP contribution in [0.15, 0.2) is 23.1 Å². The lowest BCUT2D eigenvalue weighted by atomic mass is 10.0. The number of hydrogen-bond acceptors (Lipinski definition) is 4. The van der Waals surface area contributed by atoms with Crippen molar-refractivity contribution < 1.29 is 13.2 Å². The Morgan fingerprint density at radius 1 is 1.30 bits per heavy atom. The summed E-state index contributed by atoms with van der Waals surface area (Å²) in [6.07, 6.45) is 0.434. The van der Waals surface area contributed by atoms with Gasteiger partial charge in [-0.2, -0.15) is 0 Å². The lowest BCUT2D eigenvalue weighted by Gasteiger charge is -2.27. The van der Waals surface area contributed by atoms with Crippen LogP contribution in [-0.4, -0.2) is 24.9 Å². The summed E-state index contributed by atoms with van der Waals surface area (Å²) in [5, 5.41) is -0.475. The third-order valence-corrected chi connectivity index (χ3v) is 6.51. The maximum absolute atomic E-state index is 12.9. The summed E-state index contributed by atoms with van der Waals surface area (Å²) in [7, 11) is -3.58. The first-order valence-electron chi connectivity index (χ1n) is 6.45. The first-order chi connectivity index (χ1) is 8.96. The Morgan fingerprint density at radius 2 is 1.90 bits per heavy atom. The molecule has 2 rings (SSSR count). The van der Waals surface area contributed by atoms with E-state index in [1.807, 2.05) is 13.8 Å². The summed E-state index contributed by atoms with van der Waals surface area (Å²) in [5.41, 5.74) is 4.83. The number of ether oxygens (including phenoxy) is 1. The van der Waals surface area contributed by atoms with Gasteiger partial charge < -0.3 is 10.5 Å². The smallest absolute Gasteiger partial charge is 0.185 e. The molecular weight excluding hydrogens is 298 g/mol. The molecule has 0 saturated carbocycles. The van der Waals surface area contributed by atoms with E-state index < -0.39 is 26.3 Å². The average Bonchev–Trinajstić information content (AvgIpc) is 2.46. The zero-order valence-corrected chi connectivity index (χ0v) is 13.7. The van der Waals surface area contributed by atoms with Crippen LogP contribution in [0.25, 0.3) is 0 Å². The van der Waals surface area contributed by atoms with Crippen LogP contribution in [-0.2, 0) is 14.6 Å². The molecule has 0 radical (unpaired) electrons. The lowest BCUT2D eigenvalue weighted by molar-refractivity contribution is -0.0635. The van der Waals surface area contributed by atoms with E-state index in [9.17, 15) is 8.42 Å². The van der Waals surface area contributed by atoms with Crippen molar-refractivity contribution in [1.29, 1.82) is 0 Å². The molecule has 112 valence electrons. The molecule has 1 aromatic carbocycles. The van der Waals surface area contributed by atoms with Crippen molar-refractivity contribution in [3.8, 4) is 0 Å². The Bertz CT molecular complexity index is 638. The van der Waals surface area contributed by atoms with E-state index >= 15 is 0 Å². The molecule has 6 heteroatoms. The molecule has 1 aromatic rings. The van der Waals surface area contributed by atoms with Crippen molar-refractivity contribution in [3.63, 3.8) is 0 Å². The molecular formula is C14H20ClNO3S. The summed E-state index contributed by atoms with van der Waals surface area (Å²) in [5.74, 6) is 0. The van der Waals surface area contributed by atoms with Crippen LogP contribution < -0.4 is 5.73 Å².